The fourth-order valence-corrected chi connectivity index (χ4v) is 4.62. The van der Waals surface area contributed by atoms with Gasteiger partial charge in [0.25, 0.3) is 0 Å². The van der Waals surface area contributed by atoms with Crippen LogP contribution in [0.4, 0.5) is 0 Å². The van der Waals surface area contributed by atoms with Crippen molar-refractivity contribution >= 4 is 23.5 Å². The summed E-state index contributed by atoms with van der Waals surface area (Å²) in [6, 6.07) is 0. The van der Waals surface area contributed by atoms with Crippen LogP contribution in [0.5, 0.6) is 0 Å². The van der Waals surface area contributed by atoms with Crippen molar-refractivity contribution in [3.63, 3.8) is 0 Å². The number of esters is 2. The van der Waals surface area contributed by atoms with Gasteiger partial charge in [0.1, 0.15) is 46.8 Å². The fraction of sp³-hybridized carbons (Fsp3) is 0.455. The average molecular weight is 466 g/mol. The number of carbonyl (C=O) groups is 4. The van der Waals surface area contributed by atoms with Crippen LogP contribution in [0, 0.1) is 22.7 Å². The summed E-state index contributed by atoms with van der Waals surface area (Å²) in [6.07, 6.45) is -0.513. The van der Waals surface area contributed by atoms with E-state index in [9.17, 15) is 39.6 Å². The zero-order valence-electron chi connectivity index (χ0n) is 17.9. The number of ketones is 2. The number of cyclic esters (lactones) is 2. The molecule has 0 unspecified atom stereocenters. The molecule has 0 aromatic rings. The Morgan fingerprint density at radius 3 is 1.24 bits per heavy atom. The molecule has 2 heterocycles. The van der Waals surface area contributed by atoms with Gasteiger partial charge in [0, 0.05) is 0 Å². The Bertz CT molecular complexity index is 901. The first-order valence-electron chi connectivity index (χ1n) is 9.83. The largest absolute Gasteiger partial charge is 0.428 e. The topological polar surface area (TPSA) is 199 Å². The number of rotatable bonds is 0. The Hall–Kier alpha value is -2.96. The van der Waals surface area contributed by atoms with E-state index in [1.165, 1.54) is 24.3 Å². The Balaban J connectivity index is 0.000000227. The lowest BCUT2D eigenvalue weighted by atomic mass is 9.65. The number of aliphatic hydroxyl groups is 4. The molecule has 180 valence electrons. The van der Waals surface area contributed by atoms with Crippen molar-refractivity contribution in [2.24, 2.45) is 22.7 Å². The quantitative estimate of drug-likeness (QED) is 0.297. The molecule has 2 spiro atoms. The highest BCUT2D eigenvalue weighted by Crippen LogP contribution is 2.48. The van der Waals surface area contributed by atoms with Crippen molar-refractivity contribution in [3.05, 3.63) is 49.0 Å². The molecule has 0 amide bonds. The Morgan fingerprint density at radius 2 is 1.00 bits per heavy atom. The molecule has 2 aliphatic heterocycles. The minimum Gasteiger partial charge on any atom is -0.428 e. The number of aliphatic hydroxyl groups excluding tert-OH is 4. The maximum atomic E-state index is 11.7. The van der Waals surface area contributed by atoms with Gasteiger partial charge in [-0.15, -0.1) is 0 Å². The highest BCUT2D eigenvalue weighted by molar-refractivity contribution is 6.02. The van der Waals surface area contributed by atoms with Gasteiger partial charge in [0.05, 0.1) is 0 Å². The van der Waals surface area contributed by atoms with E-state index in [1.54, 1.807) is 13.8 Å². The molecule has 0 radical (unpaired) electrons. The van der Waals surface area contributed by atoms with E-state index in [4.69, 9.17) is 9.47 Å². The first-order chi connectivity index (χ1) is 14.8. The zero-order valence-corrected chi connectivity index (χ0v) is 17.9. The number of ether oxygens (including phenoxy) is 2. The van der Waals surface area contributed by atoms with Gasteiger partial charge in [-0.1, -0.05) is 39.2 Å². The summed E-state index contributed by atoms with van der Waals surface area (Å²) >= 11 is 0. The molecule has 11 nitrogen and oxygen atoms in total. The first-order valence-corrected chi connectivity index (χ1v) is 9.83. The van der Waals surface area contributed by atoms with Crippen LogP contribution in [-0.2, 0) is 28.7 Å². The third kappa shape index (κ3) is 3.40. The van der Waals surface area contributed by atoms with Gasteiger partial charge in [-0.3, -0.25) is 19.2 Å². The highest BCUT2D eigenvalue weighted by atomic mass is 16.6. The molecule has 11 heteroatoms. The Morgan fingerprint density at radius 1 is 0.697 bits per heavy atom. The molecule has 4 rings (SSSR count). The second kappa shape index (κ2) is 8.76. The molecule has 2 saturated heterocycles. The predicted molar refractivity (Wildman–Crippen MR) is 110 cm³/mol. The molecule has 0 aromatic carbocycles. The summed E-state index contributed by atoms with van der Waals surface area (Å²) in [5.41, 5.74) is -3.27. The summed E-state index contributed by atoms with van der Waals surface area (Å²) in [7, 11) is 0. The van der Waals surface area contributed by atoms with Crippen LogP contribution in [0.15, 0.2) is 49.0 Å². The molecule has 6 N–H and O–H groups in total. The Kier molecular flexibility index (Phi) is 6.98. The smallest absolute Gasteiger partial charge is 0.324 e. The van der Waals surface area contributed by atoms with Gasteiger partial charge < -0.3 is 35.4 Å². The van der Waals surface area contributed by atoms with Crippen LogP contribution >= 0.6 is 0 Å². The summed E-state index contributed by atoms with van der Waals surface area (Å²) in [5, 5.41) is 39.5. The lowest BCUT2D eigenvalue weighted by molar-refractivity contribution is -0.163. The number of hydrogen-bond donors (Lipinski definition) is 4. The predicted octanol–water partition coefficient (Wildman–Crippen LogP) is -1.74. The third-order valence-electron chi connectivity index (χ3n) is 6.72. The van der Waals surface area contributed by atoms with Crippen molar-refractivity contribution in [2.75, 3.05) is 0 Å². The molecule has 0 saturated carbocycles. The number of carbonyl (C=O) groups excluding carboxylic acids is 4. The molecule has 4 aliphatic rings. The normalized spacial score (nSPS) is 41.6. The van der Waals surface area contributed by atoms with E-state index in [1.807, 2.05) is 0 Å². The van der Waals surface area contributed by atoms with E-state index >= 15 is 0 Å². The fourth-order valence-electron chi connectivity index (χ4n) is 4.62. The summed E-state index contributed by atoms with van der Waals surface area (Å²) in [6.45, 7) is 10.0. The molecule has 2 aliphatic carbocycles. The van der Waals surface area contributed by atoms with Crippen LogP contribution in [-0.4, -0.2) is 73.8 Å². The summed E-state index contributed by atoms with van der Waals surface area (Å²) in [5.74, 6) is -4.07. The lowest BCUT2D eigenvalue weighted by Crippen LogP contribution is -2.55. The van der Waals surface area contributed by atoms with Gasteiger partial charge in [-0.2, -0.15) is 0 Å². The SMILES string of the molecule is C=C1OC(=O)[C@]2([C@H](C)C=CC(=O)[C@@H]2O)[C@H]1O.C=C1OC(=O)[C@]2([C@H](C)C=CC(=O)[C@@H]2O)[C@H]1O.O. The van der Waals surface area contributed by atoms with Gasteiger partial charge in [0.15, 0.2) is 11.6 Å². The minimum atomic E-state index is -1.64. The molecule has 33 heavy (non-hydrogen) atoms. The summed E-state index contributed by atoms with van der Waals surface area (Å²) in [4.78, 5) is 46.3. The molecule has 0 aromatic heterocycles. The number of allylic oxidation sites excluding steroid dienone is 2. The van der Waals surface area contributed by atoms with Gasteiger partial charge in [-0.25, -0.2) is 0 Å². The average Bonchev–Trinajstić information content (AvgIpc) is 3.10. The third-order valence-corrected chi connectivity index (χ3v) is 6.72. The molecule has 2 fully saturated rings. The maximum Gasteiger partial charge on any atom is 0.324 e. The van der Waals surface area contributed by atoms with E-state index in [-0.39, 0.29) is 17.0 Å². The van der Waals surface area contributed by atoms with Crippen molar-refractivity contribution in [2.45, 2.75) is 38.3 Å². The molecule has 0 bridgehead atoms. The number of hydrogen-bond acceptors (Lipinski definition) is 10. The minimum absolute atomic E-state index is 0. The lowest BCUT2D eigenvalue weighted by Gasteiger charge is -2.37. The van der Waals surface area contributed by atoms with Crippen LogP contribution in [0.25, 0.3) is 0 Å². The maximum absolute atomic E-state index is 11.7. The second-order valence-electron chi connectivity index (χ2n) is 8.29. The van der Waals surface area contributed by atoms with E-state index < -0.39 is 70.6 Å². The van der Waals surface area contributed by atoms with Gasteiger partial charge >= 0.3 is 11.9 Å². The van der Waals surface area contributed by atoms with Crippen LogP contribution in [0.2, 0.25) is 0 Å². The van der Waals surface area contributed by atoms with Crippen LogP contribution in [0.3, 0.4) is 0 Å². The second-order valence-corrected chi connectivity index (χ2v) is 8.29. The van der Waals surface area contributed by atoms with E-state index in [2.05, 4.69) is 13.2 Å². The zero-order chi connectivity index (χ0) is 24.2. The van der Waals surface area contributed by atoms with Crippen molar-refractivity contribution in [1.29, 1.82) is 0 Å². The van der Waals surface area contributed by atoms with Crippen LogP contribution in [0.1, 0.15) is 13.8 Å². The highest BCUT2D eigenvalue weighted by Gasteiger charge is 2.65. The van der Waals surface area contributed by atoms with E-state index in [0.29, 0.717) is 0 Å². The standard InChI is InChI=1S/2C11H12O5.H2O/c2*1-5-3-4-7(12)9(14)11(5)8(13)6(2)16-10(11)15;/h2*3-5,8-9,13-14H,2H2,1H3;1H2/t2*5-,8+,9+,11-;/m11./s1. The Labute approximate surface area is 188 Å². The van der Waals surface area contributed by atoms with Gasteiger partial charge in [-0.05, 0) is 24.0 Å². The van der Waals surface area contributed by atoms with Crippen LogP contribution < -0.4 is 0 Å². The molecule has 8 atom stereocenters. The van der Waals surface area contributed by atoms with Crippen molar-refractivity contribution in [3.8, 4) is 0 Å². The molecular formula is C22H26O11. The van der Waals surface area contributed by atoms with E-state index in [0.717, 1.165) is 0 Å². The molecular weight excluding hydrogens is 440 g/mol. The first kappa shape index (κ1) is 26.3. The summed E-state index contributed by atoms with van der Waals surface area (Å²) < 4.78 is 9.45. The monoisotopic (exact) mass is 466 g/mol. The van der Waals surface area contributed by atoms with Crippen molar-refractivity contribution < 1.29 is 54.6 Å². The van der Waals surface area contributed by atoms with Gasteiger partial charge in [0.2, 0.25) is 0 Å². The van der Waals surface area contributed by atoms with Crippen molar-refractivity contribution in [1.82, 2.24) is 0 Å².